The maximum atomic E-state index is 13.3. The lowest BCUT2D eigenvalue weighted by molar-refractivity contribution is -0.274. The maximum Gasteiger partial charge on any atom is 0.573 e. The Morgan fingerprint density at radius 3 is 2.69 bits per heavy atom. The van der Waals surface area contributed by atoms with E-state index in [2.05, 4.69) is 25.2 Å². The highest BCUT2D eigenvalue weighted by Gasteiger charge is 2.32. The molecule has 0 saturated carbocycles. The summed E-state index contributed by atoms with van der Waals surface area (Å²) in [6.45, 7) is -2.92. The van der Waals surface area contributed by atoms with Crippen molar-refractivity contribution in [3.05, 3.63) is 71.5 Å². The zero-order valence-corrected chi connectivity index (χ0v) is 18.4. The number of carbonyl (C=O) groups is 2. The van der Waals surface area contributed by atoms with Crippen molar-refractivity contribution in [2.24, 2.45) is 0 Å². The van der Waals surface area contributed by atoms with Gasteiger partial charge in [-0.3, -0.25) is 14.7 Å². The molecule has 2 aromatic carbocycles. The lowest BCUT2D eigenvalue weighted by atomic mass is 10.0. The zero-order chi connectivity index (χ0) is 30.2. The minimum Gasteiger partial charge on any atom is -0.480 e. The van der Waals surface area contributed by atoms with Crippen LogP contribution in [0, 0.1) is 0 Å². The van der Waals surface area contributed by atoms with Crippen molar-refractivity contribution in [1.29, 1.82) is 0 Å². The average molecular weight is 504 g/mol. The second-order valence-corrected chi connectivity index (χ2v) is 7.21. The highest BCUT2D eigenvalue weighted by Crippen LogP contribution is 2.29. The molecule has 0 saturated heterocycles. The third kappa shape index (κ3) is 5.22. The second-order valence-electron chi connectivity index (χ2n) is 7.21. The summed E-state index contributed by atoms with van der Waals surface area (Å²) in [6.07, 6.45) is -3.93. The Morgan fingerprint density at radius 2 is 1.94 bits per heavy atom. The van der Waals surface area contributed by atoms with Crippen LogP contribution in [0.3, 0.4) is 0 Å². The summed E-state index contributed by atoms with van der Waals surface area (Å²) >= 11 is 0. The van der Waals surface area contributed by atoms with Crippen molar-refractivity contribution < 1.29 is 39.1 Å². The standard InChI is InChI=1S/C24H20F3N5O4/c1-28-22(34)20-16-8-7-13(10-18(16)31-32-20)15-9-17(23(35-2)30-12-15)21(33)29-11-14-5-3-4-6-19(14)36-24(25,26)27/h3-10,12H,11H2,1-2H3,(H,28,34)(H,29,33)(H,31,32)/i2D3,11D2. The molecule has 0 fully saturated rings. The van der Waals surface area contributed by atoms with Crippen LogP contribution >= 0.6 is 0 Å². The highest BCUT2D eigenvalue weighted by molar-refractivity contribution is 6.05. The summed E-state index contributed by atoms with van der Waals surface area (Å²) in [6, 6.07) is 10.2. The van der Waals surface area contributed by atoms with E-state index in [4.69, 9.17) is 11.6 Å². The van der Waals surface area contributed by atoms with Crippen LogP contribution in [0.15, 0.2) is 54.7 Å². The number of hydrogen-bond donors (Lipinski definition) is 3. The van der Waals surface area contributed by atoms with Gasteiger partial charge < -0.3 is 20.1 Å². The summed E-state index contributed by atoms with van der Waals surface area (Å²) in [5.74, 6) is -3.23. The van der Waals surface area contributed by atoms with Crippen LogP contribution in [-0.4, -0.2) is 47.4 Å². The van der Waals surface area contributed by atoms with Gasteiger partial charge in [0.2, 0.25) is 5.88 Å². The second kappa shape index (κ2) is 9.94. The molecule has 2 heterocycles. The van der Waals surface area contributed by atoms with Gasteiger partial charge in [0.1, 0.15) is 11.3 Å². The predicted octanol–water partition coefficient (Wildman–Crippen LogP) is 3.82. The van der Waals surface area contributed by atoms with E-state index in [0.717, 1.165) is 12.1 Å². The Bertz CT molecular complexity index is 1630. The quantitative estimate of drug-likeness (QED) is 0.352. The molecule has 4 aromatic rings. The molecule has 12 heteroatoms. The van der Waals surface area contributed by atoms with E-state index in [1.54, 1.807) is 18.2 Å². The number of alkyl halides is 3. The van der Waals surface area contributed by atoms with Crippen molar-refractivity contribution >= 4 is 22.7 Å². The lowest BCUT2D eigenvalue weighted by Gasteiger charge is -2.14. The average Bonchev–Trinajstić information content (AvgIpc) is 3.30. The number of aromatic amines is 1. The third-order valence-corrected chi connectivity index (χ3v) is 4.95. The molecule has 2 aromatic heterocycles. The Balaban J connectivity index is 1.73. The van der Waals surface area contributed by atoms with E-state index in [9.17, 15) is 22.8 Å². The van der Waals surface area contributed by atoms with Crippen LogP contribution in [0.4, 0.5) is 13.2 Å². The number of pyridine rings is 1. The monoisotopic (exact) mass is 504 g/mol. The number of rotatable bonds is 7. The number of H-pyrrole nitrogens is 1. The van der Waals surface area contributed by atoms with Gasteiger partial charge in [-0.05, 0) is 29.8 Å². The van der Waals surface area contributed by atoms with Crippen molar-refractivity contribution in [3.8, 4) is 22.8 Å². The van der Waals surface area contributed by atoms with Gasteiger partial charge in [0.15, 0.2) is 5.69 Å². The van der Waals surface area contributed by atoms with Crippen LogP contribution < -0.4 is 20.1 Å². The Kier molecular flexibility index (Phi) is 5.16. The molecule has 0 aliphatic rings. The first-order valence-corrected chi connectivity index (χ1v) is 10.2. The number of fused-ring (bicyclic) bond motifs is 1. The topological polar surface area (TPSA) is 118 Å². The summed E-state index contributed by atoms with van der Waals surface area (Å²) in [5, 5.41) is 11.6. The molecule has 3 N–H and O–H groups in total. The first-order valence-electron chi connectivity index (χ1n) is 12.7. The molecule has 2 amide bonds. The number of amides is 2. The maximum absolute atomic E-state index is 13.3. The number of nitrogens with zero attached hydrogens (tertiary/aromatic N) is 2. The van der Waals surface area contributed by atoms with E-state index < -0.39 is 54.5 Å². The van der Waals surface area contributed by atoms with Crippen LogP contribution in [0.2, 0.25) is 0 Å². The largest absolute Gasteiger partial charge is 0.573 e. The number of carbonyl (C=O) groups excluding carboxylic acids is 2. The van der Waals surface area contributed by atoms with E-state index >= 15 is 0 Å². The Hall–Kier alpha value is -4.61. The van der Waals surface area contributed by atoms with Gasteiger partial charge in [0.25, 0.3) is 11.8 Å². The molecule has 0 unspecified atom stereocenters. The SMILES string of the molecule is [2H]C([2H])([2H])Oc1ncc(-c2ccc3c(C(=O)NC)n[nH]c3c2)cc1C(=O)NC([2H])([2H])c1ccccc1OC(F)(F)F. The molecule has 4 rings (SSSR count). The minimum atomic E-state index is -5.13. The third-order valence-electron chi connectivity index (χ3n) is 4.95. The van der Waals surface area contributed by atoms with Crippen molar-refractivity contribution in [3.63, 3.8) is 0 Å². The Morgan fingerprint density at radius 1 is 1.14 bits per heavy atom. The fraction of sp³-hybridized carbons (Fsp3) is 0.167. The van der Waals surface area contributed by atoms with Crippen molar-refractivity contribution in [1.82, 2.24) is 25.8 Å². The smallest absolute Gasteiger partial charge is 0.480 e. The molecular formula is C24H20F3N5O4. The number of para-hydroxylation sites is 1. The highest BCUT2D eigenvalue weighted by atomic mass is 19.4. The number of methoxy groups -OCH3 is 1. The summed E-state index contributed by atoms with van der Waals surface area (Å²) < 4.78 is 86.1. The van der Waals surface area contributed by atoms with Crippen LogP contribution in [0.1, 0.15) is 33.3 Å². The number of benzene rings is 2. The van der Waals surface area contributed by atoms with Gasteiger partial charge in [-0.15, -0.1) is 13.2 Å². The minimum absolute atomic E-state index is 0.144. The fourth-order valence-electron chi connectivity index (χ4n) is 3.32. The summed E-state index contributed by atoms with van der Waals surface area (Å²) in [5.41, 5.74) is 0.126. The van der Waals surface area contributed by atoms with Gasteiger partial charge >= 0.3 is 6.36 Å². The van der Waals surface area contributed by atoms with Gasteiger partial charge in [-0.25, -0.2) is 4.98 Å². The van der Waals surface area contributed by atoms with Crippen LogP contribution in [0.5, 0.6) is 11.6 Å². The van der Waals surface area contributed by atoms with Gasteiger partial charge in [0, 0.05) is 36.3 Å². The molecular weight excluding hydrogens is 479 g/mol. The summed E-state index contributed by atoms with van der Waals surface area (Å²) in [7, 11) is -1.59. The number of nitrogens with one attached hydrogen (secondary N) is 3. The van der Waals surface area contributed by atoms with Crippen LogP contribution in [0.25, 0.3) is 22.0 Å². The van der Waals surface area contributed by atoms with E-state index in [1.165, 1.54) is 31.4 Å². The molecule has 0 atom stereocenters. The molecule has 0 aliphatic carbocycles. The zero-order valence-electron chi connectivity index (χ0n) is 23.4. The number of aromatic nitrogens is 3. The number of ether oxygens (including phenoxy) is 2. The normalized spacial score (nSPS) is 14.1. The predicted molar refractivity (Wildman–Crippen MR) is 124 cm³/mol. The van der Waals surface area contributed by atoms with Crippen molar-refractivity contribution in [2.75, 3.05) is 14.1 Å². The van der Waals surface area contributed by atoms with Crippen LogP contribution in [-0.2, 0) is 6.50 Å². The first-order chi connectivity index (χ1) is 19.1. The molecule has 0 spiro atoms. The molecule has 36 heavy (non-hydrogen) atoms. The molecule has 0 aliphatic heterocycles. The lowest BCUT2D eigenvalue weighted by Crippen LogP contribution is -2.25. The summed E-state index contributed by atoms with van der Waals surface area (Å²) in [4.78, 5) is 29.2. The first kappa shape index (κ1) is 18.7. The van der Waals surface area contributed by atoms with Gasteiger partial charge in [-0.1, -0.05) is 24.3 Å². The molecule has 0 radical (unpaired) electrons. The molecule has 0 bridgehead atoms. The number of hydrogen-bond acceptors (Lipinski definition) is 6. The van der Waals surface area contributed by atoms with E-state index in [-0.39, 0.29) is 11.3 Å². The van der Waals surface area contributed by atoms with E-state index in [0.29, 0.717) is 16.5 Å². The van der Waals surface area contributed by atoms with Gasteiger partial charge in [-0.2, -0.15) is 5.10 Å². The number of halogens is 3. The van der Waals surface area contributed by atoms with E-state index in [1.807, 2.05) is 5.32 Å². The Labute approximate surface area is 209 Å². The molecule has 9 nitrogen and oxygen atoms in total. The fourth-order valence-corrected chi connectivity index (χ4v) is 3.32. The van der Waals surface area contributed by atoms with Gasteiger partial charge in [0.05, 0.1) is 19.4 Å². The molecule has 186 valence electrons. The van der Waals surface area contributed by atoms with Crippen molar-refractivity contribution in [2.45, 2.75) is 12.9 Å².